The first kappa shape index (κ1) is 16.0. The number of aryl methyl sites for hydroxylation is 1. The first-order valence-corrected chi connectivity index (χ1v) is 7.83. The summed E-state index contributed by atoms with van der Waals surface area (Å²) in [6.07, 6.45) is 1.10. The summed E-state index contributed by atoms with van der Waals surface area (Å²) in [5, 5.41) is 3.35. The van der Waals surface area contributed by atoms with Crippen molar-refractivity contribution in [1.29, 1.82) is 0 Å². The van der Waals surface area contributed by atoms with E-state index in [0.29, 0.717) is 11.3 Å². The average molecular weight is 352 g/mol. The van der Waals surface area contributed by atoms with Crippen LogP contribution < -0.4 is 10.1 Å². The van der Waals surface area contributed by atoms with Crippen molar-refractivity contribution in [2.75, 3.05) is 6.54 Å². The Morgan fingerprint density at radius 1 is 1.24 bits per heavy atom. The molecule has 0 heterocycles. The molecule has 0 atom stereocenters. The lowest BCUT2D eigenvalue weighted by Gasteiger charge is -2.11. The molecule has 2 aromatic rings. The fourth-order valence-corrected chi connectivity index (χ4v) is 2.46. The lowest BCUT2D eigenvalue weighted by atomic mass is 10.2. The molecular weight excluding hydrogens is 333 g/mol. The molecule has 2 aromatic carbocycles. The number of halogens is 2. The molecule has 21 heavy (non-hydrogen) atoms. The highest BCUT2D eigenvalue weighted by molar-refractivity contribution is 9.10. The van der Waals surface area contributed by atoms with Crippen LogP contribution in [-0.2, 0) is 6.54 Å². The second-order valence-corrected chi connectivity index (χ2v) is 5.77. The maximum atomic E-state index is 13.9. The van der Waals surface area contributed by atoms with Gasteiger partial charge in [0.25, 0.3) is 0 Å². The van der Waals surface area contributed by atoms with E-state index in [1.54, 1.807) is 25.1 Å². The van der Waals surface area contributed by atoms with E-state index in [9.17, 15) is 4.39 Å². The van der Waals surface area contributed by atoms with Gasteiger partial charge in [0.2, 0.25) is 0 Å². The van der Waals surface area contributed by atoms with Crippen LogP contribution in [0.1, 0.15) is 24.5 Å². The highest BCUT2D eigenvalue weighted by Crippen LogP contribution is 2.29. The van der Waals surface area contributed by atoms with Gasteiger partial charge in [0.15, 0.2) is 11.6 Å². The fraction of sp³-hybridized carbons (Fsp3) is 0.294. The van der Waals surface area contributed by atoms with Gasteiger partial charge in [-0.3, -0.25) is 0 Å². The first-order chi connectivity index (χ1) is 10.1. The Bertz CT molecular complexity index is 616. The molecule has 0 amide bonds. The zero-order valence-electron chi connectivity index (χ0n) is 12.2. The van der Waals surface area contributed by atoms with Crippen molar-refractivity contribution in [3.05, 3.63) is 57.8 Å². The second kappa shape index (κ2) is 7.57. The predicted molar refractivity (Wildman–Crippen MR) is 87.4 cm³/mol. The van der Waals surface area contributed by atoms with E-state index in [2.05, 4.69) is 28.2 Å². The van der Waals surface area contributed by atoms with Crippen LogP contribution in [-0.4, -0.2) is 6.54 Å². The van der Waals surface area contributed by atoms with E-state index in [4.69, 9.17) is 4.74 Å². The van der Waals surface area contributed by atoms with E-state index in [1.807, 2.05) is 18.2 Å². The van der Waals surface area contributed by atoms with Gasteiger partial charge in [0.05, 0.1) is 0 Å². The van der Waals surface area contributed by atoms with Crippen LogP contribution in [0.4, 0.5) is 4.39 Å². The molecule has 2 nitrogen and oxygen atoms in total. The van der Waals surface area contributed by atoms with E-state index in [-0.39, 0.29) is 11.6 Å². The fourth-order valence-electron chi connectivity index (χ4n) is 1.96. The molecule has 0 saturated heterocycles. The Labute approximate surface area is 133 Å². The molecule has 2 rings (SSSR count). The molecule has 0 saturated carbocycles. The van der Waals surface area contributed by atoms with Crippen molar-refractivity contribution < 1.29 is 9.13 Å². The van der Waals surface area contributed by atoms with Crippen LogP contribution in [0.25, 0.3) is 0 Å². The van der Waals surface area contributed by atoms with Crippen LogP contribution in [0, 0.1) is 12.7 Å². The standard InChI is InChI=1S/C17H19BrFNO/c1-3-9-20-11-13-7-8-14(10-15(13)18)21-16-6-4-5-12(2)17(16)19/h4-8,10,20H,3,9,11H2,1-2H3. The van der Waals surface area contributed by atoms with Crippen LogP contribution in [0.2, 0.25) is 0 Å². The van der Waals surface area contributed by atoms with Crippen LogP contribution in [0.15, 0.2) is 40.9 Å². The van der Waals surface area contributed by atoms with E-state index >= 15 is 0 Å². The Morgan fingerprint density at radius 2 is 2.05 bits per heavy atom. The number of nitrogens with one attached hydrogen (secondary N) is 1. The lowest BCUT2D eigenvalue weighted by molar-refractivity contribution is 0.439. The summed E-state index contributed by atoms with van der Waals surface area (Å²) >= 11 is 3.53. The SMILES string of the molecule is CCCNCc1ccc(Oc2cccc(C)c2F)cc1Br. The second-order valence-electron chi connectivity index (χ2n) is 4.92. The van der Waals surface area contributed by atoms with Gasteiger partial charge >= 0.3 is 0 Å². The Kier molecular flexibility index (Phi) is 5.76. The Morgan fingerprint density at radius 3 is 2.76 bits per heavy atom. The molecule has 1 N–H and O–H groups in total. The lowest BCUT2D eigenvalue weighted by Crippen LogP contribution is -2.14. The minimum absolute atomic E-state index is 0.249. The quantitative estimate of drug-likeness (QED) is 0.723. The number of hydrogen-bond acceptors (Lipinski definition) is 2. The number of benzene rings is 2. The molecule has 0 bridgehead atoms. The molecule has 0 aromatic heterocycles. The summed E-state index contributed by atoms with van der Waals surface area (Å²) < 4.78 is 20.5. The van der Waals surface area contributed by atoms with Crippen molar-refractivity contribution in [3.63, 3.8) is 0 Å². The molecule has 112 valence electrons. The number of rotatable bonds is 6. The molecule has 0 aliphatic rings. The molecule has 0 fully saturated rings. The van der Waals surface area contributed by atoms with Gasteiger partial charge < -0.3 is 10.1 Å². The van der Waals surface area contributed by atoms with Gasteiger partial charge in [-0.2, -0.15) is 0 Å². The van der Waals surface area contributed by atoms with Crippen molar-refractivity contribution in [1.82, 2.24) is 5.32 Å². The Balaban J connectivity index is 2.11. The summed E-state index contributed by atoms with van der Waals surface area (Å²) in [4.78, 5) is 0. The topological polar surface area (TPSA) is 21.3 Å². The van der Waals surface area contributed by atoms with Gasteiger partial charge in [0, 0.05) is 11.0 Å². The third-order valence-electron chi connectivity index (χ3n) is 3.15. The van der Waals surface area contributed by atoms with E-state index < -0.39 is 0 Å². The molecule has 0 unspecified atom stereocenters. The van der Waals surface area contributed by atoms with Gasteiger partial charge in [0.1, 0.15) is 5.75 Å². The minimum Gasteiger partial charge on any atom is -0.454 e. The van der Waals surface area contributed by atoms with E-state index in [1.165, 1.54) is 0 Å². The molecular formula is C17H19BrFNO. The highest BCUT2D eigenvalue weighted by atomic mass is 79.9. The smallest absolute Gasteiger partial charge is 0.168 e. The highest BCUT2D eigenvalue weighted by Gasteiger charge is 2.08. The van der Waals surface area contributed by atoms with Crippen molar-refractivity contribution >= 4 is 15.9 Å². The average Bonchev–Trinajstić information content (AvgIpc) is 2.46. The van der Waals surface area contributed by atoms with E-state index in [0.717, 1.165) is 29.5 Å². The molecule has 0 radical (unpaired) electrons. The summed E-state index contributed by atoms with van der Waals surface area (Å²) in [7, 11) is 0. The monoisotopic (exact) mass is 351 g/mol. The van der Waals surface area contributed by atoms with Crippen LogP contribution in [0.5, 0.6) is 11.5 Å². The van der Waals surface area contributed by atoms with Gasteiger partial charge in [-0.05, 0) is 49.2 Å². The zero-order chi connectivity index (χ0) is 15.2. The maximum Gasteiger partial charge on any atom is 0.168 e. The number of hydrogen-bond donors (Lipinski definition) is 1. The summed E-state index contributed by atoms with van der Waals surface area (Å²) in [5.74, 6) is 0.548. The number of ether oxygens (including phenoxy) is 1. The third kappa shape index (κ3) is 4.29. The van der Waals surface area contributed by atoms with Crippen molar-refractivity contribution in [2.24, 2.45) is 0 Å². The molecule has 0 aliphatic heterocycles. The summed E-state index contributed by atoms with van der Waals surface area (Å²) in [6, 6.07) is 10.8. The van der Waals surface area contributed by atoms with Gasteiger partial charge in [-0.15, -0.1) is 0 Å². The van der Waals surface area contributed by atoms with Crippen LogP contribution in [0.3, 0.4) is 0 Å². The minimum atomic E-state index is -0.317. The summed E-state index contributed by atoms with van der Waals surface area (Å²) in [6.45, 7) is 5.64. The van der Waals surface area contributed by atoms with Gasteiger partial charge in [-0.1, -0.05) is 41.1 Å². The predicted octanol–water partition coefficient (Wildman–Crippen LogP) is 5.19. The summed E-state index contributed by atoms with van der Waals surface area (Å²) in [5.41, 5.74) is 1.73. The third-order valence-corrected chi connectivity index (χ3v) is 3.89. The van der Waals surface area contributed by atoms with Gasteiger partial charge in [-0.25, -0.2) is 4.39 Å². The van der Waals surface area contributed by atoms with Crippen molar-refractivity contribution in [3.8, 4) is 11.5 Å². The normalized spacial score (nSPS) is 10.7. The molecule has 0 aliphatic carbocycles. The molecule has 4 heteroatoms. The largest absolute Gasteiger partial charge is 0.454 e. The maximum absolute atomic E-state index is 13.9. The Hall–Kier alpha value is -1.39. The zero-order valence-corrected chi connectivity index (χ0v) is 13.8. The van der Waals surface area contributed by atoms with Crippen molar-refractivity contribution in [2.45, 2.75) is 26.8 Å². The first-order valence-electron chi connectivity index (χ1n) is 7.04. The molecule has 0 spiro atoms. The van der Waals surface area contributed by atoms with Crippen LogP contribution >= 0.6 is 15.9 Å².